The number of hydrogen-bond acceptors (Lipinski definition) is 4. The molecule has 1 N–H and O–H groups in total. The van der Waals surface area contributed by atoms with Gasteiger partial charge in [-0.15, -0.1) is 0 Å². The number of carbonyl (C=O) groups is 1. The van der Waals surface area contributed by atoms with Gasteiger partial charge in [0.05, 0.1) is 0 Å². The molecule has 3 rings (SSSR count). The van der Waals surface area contributed by atoms with Crippen molar-refractivity contribution in [1.29, 1.82) is 0 Å². The number of nitrogens with zero attached hydrogens (tertiary/aromatic N) is 1. The first kappa shape index (κ1) is 13.2. The summed E-state index contributed by atoms with van der Waals surface area (Å²) >= 11 is 0. The Labute approximate surface area is 121 Å². The minimum atomic E-state index is -1.36. The lowest BCUT2D eigenvalue weighted by Crippen LogP contribution is -2.02. The summed E-state index contributed by atoms with van der Waals surface area (Å²) in [6.07, 6.45) is -1.36. The first-order valence-corrected chi connectivity index (χ1v) is 6.42. The predicted molar refractivity (Wildman–Crippen MR) is 78.2 cm³/mol. The number of carboxylic acid groups (broad SMARTS) is 1. The van der Waals surface area contributed by atoms with Crippen molar-refractivity contribution in [3.8, 4) is 17.2 Å². The zero-order valence-corrected chi connectivity index (χ0v) is 11.6. The summed E-state index contributed by atoms with van der Waals surface area (Å²) in [4.78, 5) is 15.1. The van der Waals surface area contributed by atoms with E-state index in [0.717, 1.165) is 22.6 Å². The fraction of sp³-hybridized carbons (Fsp3) is 0.125. The molecule has 5 nitrogen and oxygen atoms in total. The predicted octanol–water partition coefficient (Wildman–Crippen LogP) is 4.30. The van der Waals surface area contributed by atoms with Gasteiger partial charge in [-0.2, -0.15) is 0 Å². The maximum atomic E-state index is 10.6. The number of rotatable bonds is 1. The van der Waals surface area contributed by atoms with Crippen LogP contribution in [0.5, 0.6) is 17.2 Å². The average Bonchev–Trinajstić information content (AvgIpc) is 2.53. The van der Waals surface area contributed by atoms with Crippen LogP contribution in [0.25, 0.3) is 0 Å². The van der Waals surface area contributed by atoms with Crippen molar-refractivity contribution < 1.29 is 19.4 Å². The van der Waals surface area contributed by atoms with Gasteiger partial charge in [0, 0.05) is 17.3 Å². The third-order valence-electron chi connectivity index (χ3n) is 3.17. The Balaban J connectivity index is 2.09. The molecular formula is C16H13NO4. The molecule has 2 aromatic rings. The molecule has 0 saturated heterocycles. The Morgan fingerprint density at radius 3 is 2.71 bits per heavy atom. The number of benzene rings is 2. The number of aryl methyl sites for hydroxylation is 1. The number of fused-ring (bicyclic) bond motifs is 2. The van der Waals surface area contributed by atoms with Crippen LogP contribution in [-0.2, 0) is 0 Å². The Morgan fingerprint density at radius 2 is 1.95 bits per heavy atom. The quantitative estimate of drug-likeness (QED) is 0.626. The van der Waals surface area contributed by atoms with Crippen LogP contribution in [-0.4, -0.2) is 17.0 Å². The van der Waals surface area contributed by atoms with E-state index in [4.69, 9.17) is 9.84 Å². The van der Waals surface area contributed by atoms with Crippen LogP contribution in [0.4, 0.5) is 10.5 Å². The summed E-state index contributed by atoms with van der Waals surface area (Å²) in [6, 6.07) is 10.7. The molecule has 0 amide bonds. The summed E-state index contributed by atoms with van der Waals surface area (Å²) in [5.41, 5.74) is 3.35. The lowest BCUT2D eigenvalue weighted by molar-refractivity contribution is 0.144. The third-order valence-corrected chi connectivity index (χ3v) is 3.17. The van der Waals surface area contributed by atoms with E-state index < -0.39 is 6.16 Å². The van der Waals surface area contributed by atoms with Gasteiger partial charge in [0.1, 0.15) is 17.2 Å². The van der Waals surface area contributed by atoms with Crippen molar-refractivity contribution in [3.05, 3.63) is 47.5 Å². The number of ether oxygens (including phenoxy) is 2. The summed E-state index contributed by atoms with van der Waals surface area (Å²) < 4.78 is 10.5. The Bertz CT molecular complexity index is 765. The van der Waals surface area contributed by atoms with Crippen LogP contribution in [0, 0.1) is 6.92 Å². The van der Waals surface area contributed by atoms with Crippen molar-refractivity contribution in [3.63, 3.8) is 0 Å². The van der Waals surface area contributed by atoms with Gasteiger partial charge >= 0.3 is 6.16 Å². The number of hydrogen-bond donors (Lipinski definition) is 1. The normalized spacial score (nSPS) is 12.4. The Morgan fingerprint density at radius 1 is 1.14 bits per heavy atom. The van der Waals surface area contributed by atoms with Gasteiger partial charge in [0.15, 0.2) is 5.75 Å². The second-order valence-electron chi connectivity index (χ2n) is 4.80. The van der Waals surface area contributed by atoms with Crippen LogP contribution in [0.3, 0.4) is 0 Å². The fourth-order valence-corrected chi connectivity index (χ4v) is 2.21. The van der Waals surface area contributed by atoms with Gasteiger partial charge in [-0.1, -0.05) is 6.07 Å². The smallest absolute Gasteiger partial charge is 0.454 e. The fourth-order valence-electron chi connectivity index (χ4n) is 2.21. The highest BCUT2D eigenvalue weighted by Crippen LogP contribution is 2.39. The molecule has 0 bridgehead atoms. The zero-order chi connectivity index (χ0) is 15.0. The van der Waals surface area contributed by atoms with Crippen molar-refractivity contribution in [1.82, 2.24) is 0 Å². The van der Waals surface area contributed by atoms with Crippen molar-refractivity contribution >= 4 is 17.6 Å². The van der Waals surface area contributed by atoms with Gasteiger partial charge < -0.3 is 14.6 Å². The van der Waals surface area contributed by atoms with E-state index in [9.17, 15) is 4.79 Å². The summed E-state index contributed by atoms with van der Waals surface area (Å²) in [7, 11) is 0. The number of aliphatic imine (C=N–C) groups is 1. The molecule has 0 spiro atoms. The maximum absolute atomic E-state index is 10.6. The highest BCUT2D eigenvalue weighted by molar-refractivity contribution is 6.03. The molecule has 106 valence electrons. The molecule has 0 aliphatic carbocycles. The molecule has 1 aliphatic heterocycles. The molecule has 2 aromatic carbocycles. The lowest BCUT2D eigenvalue weighted by Gasteiger charge is -2.09. The molecule has 0 atom stereocenters. The van der Waals surface area contributed by atoms with E-state index in [1.165, 1.54) is 0 Å². The average molecular weight is 283 g/mol. The molecular weight excluding hydrogens is 270 g/mol. The van der Waals surface area contributed by atoms with Crippen LogP contribution < -0.4 is 9.47 Å². The van der Waals surface area contributed by atoms with Crippen LogP contribution in [0.1, 0.15) is 18.1 Å². The molecule has 0 unspecified atom stereocenters. The minimum Gasteiger partial charge on any atom is -0.454 e. The highest BCUT2D eigenvalue weighted by Gasteiger charge is 2.17. The van der Waals surface area contributed by atoms with Crippen molar-refractivity contribution in [2.75, 3.05) is 0 Å². The van der Waals surface area contributed by atoms with Gasteiger partial charge in [0.25, 0.3) is 0 Å². The second-order valence-corrected chi connectivity index (χ2v) is 4.80. The largest absolute Gasteiger partial charge is 0.511 e. The van der Waals surface area contributed by atoms with Gasteiger partial charge in [0.2, 0.25) is 0 Å². The maximum Gasteiger partial charge on any atom is 0.511 e. The van der Waals surface area contributed by atoms with Crippen LogP contribution in [0.2, 0.25) is 0 Å². The third kappa shape index (κ3) is 2.58. The lowest BCUT2D eigenvalue weighted by atomic mass is 10.1. The monoisotopic (exact) mass is 283 g/mol. The van der Waals surface area contributed by atoms with Crippen LogP contribution in [0.15, 0.2) is 41.4 Å². The van der Waals surface area contributed by atoms with Crippen molar-refractivity contribution in [2.45, 2.75) is 13.8 Å². The van der Waals surface area contributed by atoms with E-state index in [-0.39, 0.29) is 5.75 Å². The van der Waals surface area contributed by atoms with Crippen LogP contribution >= 0.6 is 0 Å². The minimum absolute atomic E-state index is 0.212. The van der Waals surface area contributed by atoms with Gasteiger partial charge in [-0.05, 0) is 43.7 Å². The molecule has 1 heterocycles. The summed E-state index contributed by atoms with van der Waals surface area (Å²) in [6.45, 7) is 3.88. The Kier molecular flexibility index (Phi) is 3.10. The van der Waals surface area contributed by atoms with E-state index in [2.05, 4.69) is 9.73 Å². The van der Waals surface area contributed by atoms with E-state index in [1.807, 2.05) is 32.0 Å². The zero-order valence-electron chi connectivity index (χ0n) is 11.6. The molecule has 0 fully saturated rings. The topological polar surface area (TPSA) is 68.1 Å². The summed E-state index contributed by atoms with van der Waals surface area (Å²) in [5, 5.41) is 8.66. The van der Waals surface area contributed by atoms with E-state index in [0.29, 0.717) is 11.4 Å². The van der Waals surface area contributed by atoms with Gasteiger partial charge in [-0.3, -0.25) is 0 Å². The SMILES string of the molecule is CC1=Nc2cc(OC(=O)O)ccc2Oc2cc(C)ccc21. The molecule has 5 heteroatoms. The van der Waals surface area contributed by atoms with E-state index >= 15 is 0 Å². The molecule has 21 heavy (non-hydrogen) atoms. The highest BCUT2D eigenvalue weighted by atomic mass is 16.7. The molecule has 1 aliphatic rings. The Hall–Kier alpha value is -2.82. The molecule has 0 saturated carbocycles. The summed E-state index contributed by atoms with van der Waals surface area (Å²) in [5.74, 6) is 1.52. The van der Waals surface area contributed by atoms with Gasteiger partial charge in [-0.25, -0.2) is 9.79 Å². The second kappa shape index (κ2) is 4.94. The first-order valence-electron chi connectivity index (χ1n) is 6.42. The standard InChI is InChI=1S/C16H13NO4/c1-9-3-5-12-10(2)17-13-8-11(20-16(18)19)4-6-14(13)21-15(12)7-9/h3-8H,1-2H3,(H,18,19). The van der Waals surface area contributed by atoms with E-state index in [1.54, 1.807) is 18.2 Å². The van der Waals surface area contributed by atoms with Crippen molar-refractivity contribution in [2.24, 2.45) is 4.99 Å². The molecule has 0 aromatic heterocycles. The first-order chi connectivity index (χ1) is 10.0. The molecule has 0 radical (unpaired) electrons.